The zero-order chi connectivity index (χ0) is 20.8. The minimum Gasteiger partial charge on any atom is -0.490 e. The van der Waals surface area contributed by atoms with Crippen molar-refractivity contribution in [3.8, 4) is 11.5 Å². The van der Waals surface area contributed by atoms with E-state index in [2.05, 4.69) is 10.4 Å². The molecule has 152 valence electrons. The van der Waals surface area contributed by atoms with Gasteiger partial charge in [0, 0.05) is 11.8 Å². The molecule has 1 aromatic heterocycles. The van der Waals surface area contributed by atoms with E-state index in [0.29, 0.717) is 31.0 Å². The smallest absolute Gasteiger partial charge is 0.256 e. The monoisotopic (exact) mass is 393 g/mol. The summed E-state index contributed by atoms with van der Waals surface area (Å²) in [6.07, 6.45) is 3.47. The molecule has 1 N–H and O–H groups in total. The maximum atomic E-state index is 12.6. The summed E-state index contributed by atoms with van der Waals surface area (Å²) in [5.74, 6) is 1.33. The summed E-state index contributed by atoms with van der Waals surface area (Å²) in [6, 6.07) is 11.7. The quantitative estimate of drug-likeness (QED) is 0.607. The fraction of sp³-hybridized carbons (Fsp3) is 0.304. The van der Waals surface area contributed by atoms with Crippen molar-refractivity contribution >= 4 is 11.6 Å². The fourth-order valence-corrected chi connectivity index (χ4v) is 3.07. The Morgan fingerprint density at radius 2 is 1.79 bits per heavy atom. The number of ether oxygens (including phenoxy) is 2. The highest BCUT2D eigenvalue weighted by molar-refractivity contribution is 6.05. The van der Waals surface area contributed by atoms with Crippen molar-refractivity contribution in [2.45, 2.75) is 34.2 Å². The largest absolute Gasteiger partial charge is 0.490 e. The van der Waals surface area contributed by atoms with Crippen molar-refractivity contribution < 1.29 is 14.3 Å². The Balaban J connectivity index is 1.71. The van der Waals surface area contributed by atoms with E-state index in [9.17, 15) is 4.79 Å². The third-order valence-electron chi connectivity index (χ3n) is 4.48. The lowest BCUT2D eigenvalue weighted by Gasteiger charge is -2.12. The molecular weight excluding hydrogens is 366 g/mol. The SMILES string of the molecule is CCOc1ccc(Cn2cc(NC(=O)c3cc(C)ccc3C)cn2)cc1OCC. The van der Waals surface area contributed by atoms with Gasteiger partial charge in [0.05, 0.1) is 31.6 Å². The molecule has 0 fully saturated rings. The van der Waals surface area contributed by atoms with Crippen molar-refractivity contribution in [2.75, 3.05) is 18.5 Å². The number of benzene rings is 2. The first kappa shape index (κ1) is 20.5. The van der Waals surface area contributed by atoms with Crippen molar-refractivity contribution in [1.29, 1.82) is 0 Å². The zero-order valence-corrected chi connectivity index (χ0v) is 17.4. The lowest BCUT2D eigenvalue weighted by Crippen LogP contribution is -2.13. The highest BCUT2D eigenvalue weighted by Crippen LogP contribution is 2.29. The molecule has 0 spiro atoms. The standard InChI is InChI=1S/C23H27N3O3/c1-5-28-21-10-9-18(12-22(21)29-6-2)14-26-15-19(13-24-26)25-23(27)20-11-16(3)7-8-17(20)4/h7-13,15H,5-6,14H2,1-4H3,(H,25,27). The maximum absolute atomic E-state index is 12.6. The van der Waals surface area contributed by atoms with Crippen LogP contribution in [0.2, 0.25) is 0 Å². The second-order valence-corrected chi connectivity index (χ2v) is 6.85. The molecule has 0 radical (unpaired) electrons. The number of carbonyl (C=O) groups is 1. The number of nitrogens with zero attached hydrogens (tertiary/aromatic N) is 2. The Kier molecular flexibility index (Phi) is 6.54. The van der Waals surface area contributed by atoms with Crippen LogP contribution in [0.3, 0.4) is 0 Å². The van der Waals surface area contributed by atoms with Crippen molar-refractivity contribution in [1.82, 2.24) is 9.78 Å². The Hall–Kier alpha value is -3.28. The summed E-state index contributed by atoms with van der Waals surface area (Å²) in [6.45, 7) is 9.51. The summed E-state index contributed by atoms with van der Waals surface area (Å²) in [5.41, 5.74) is 4.36. The highest BCUT2D eigenvalue weighted by Gasteiger charge is 2.11. The summed E-state index contributed by atoms with van der Waals surface area (Å²) in [7, 11) is 0. The molecule has 2 aromatic carbocycles. The Morgan fingerprint density at radius 1 is 1.03 bits per heavy atom. The number of carbonyl (C=O) groups excluding carboxylic acids is 1. The number of nitrogens with one attached hydrogen (secondary N) is 1. The van der Waals surface area contributed by atoms with E-state index in [1.54, 1.807) is 10.9 Å². The van der Waals surface area contributed by atoms with Gasteiger partial charge in [-0.3, -0.25) is 9.48 Å². The number of aromatic nitrogens is 2. The van der Waals surface area contributed by atoms with Crippen molar-refractivity contribution in [3.63, 3.8) is 0 Å². The van der Waals surface area contributed by atoms with E-state index in [1.807, 2.05) is 70.3 Å². The van der Waals surface area contributed by atoms with Crippen molar-refractivity contribution in [3.05, 3.63) is 71.0 Å². The first-order valence-corrected chi connectivity index (χ1v) is 9.79. The highest BCUT2D eigenvalue weighted by atomic mass is 16.5. The van der Waals surface area contributed by atoms with Crippen LogP contribution in [0, 0.1) is 13.8 Å². The van der Waals surface area contributed by atoms with E-state index in [-0.39, 0.29) is 5.91 Å². The predicted molar refractivity (Wildman–Crippen MR) is 114 cm³/mol. The van der Waals surface area contributed by atoms with Crippen LogP contribution in [0.15, 0.2) is 48.8 Å². The van der Waals surface area contributed by atoms with Crippen LogP contribution in [0.25, 0.3) is 0 Å². The van der Waals surface area contributed by atoms with E-state index in [4.69, 9.17) is 9.47 Å². The van der Waals surface area contributed by atoms with Crippen LogP contribution in [-0.4, -0.2) is 28.9 Å². The number of hydrogen-bond donors (Lipinski definition) is 1. The van der Waals surface area contributed by atoms with Crippen LogP contribution in [0.1, 0.15) is 40.9 Å². The number of amides is 1. The average molecular weight is 393 g/mol. The first-order chi connectivity index (χ1) is 14.0. The zero-order valence-electron chi connectivity index (χ0n) is 17.4. The minimum atomic E-state index is -0.134. The van der Waals surface area contributed by atoms with Gasteiger partial charge in [0.25, 0.3) is 5.91 Å². The van der Waals surface area contributed by atoms with Gasteiger partial charge < -0.3 is 14.8 Å². The first-order valence-electron chi connectivity index (χ1n) is 9.79. The van der Waals surface area contributed by atoms with Crippen LogP contribution in [0.5, 0.6) is 11.5 Å². The van der Waals surface area contributed by atoms with E-state index in [0.717, 1.165) is 28.2 Å². The average Bonchev–Trinajstić information content (AvgIpc) is 3.12. The topological polar surface area (TPSA) is 65.4 Å². The van der Waals surface area contributed by atoms with E-state index < -0.39 is 0 Å². The van der Waals surface area contributed by atoms with Gasteiger partial charge in [0.1, 0.15) is 0 Å². The molecule has 6 nitrogen and oxygen atoms in total. The number of aryl methyl sites for hydroxylation is 2. The Morgan fingerprint density at radius 3 is 2.55 bits per heavy atom. The van der Waals surface area contributed by atoms with Crippen LogP contribution in [0.4, 0.5) is 5.69 Å². The van der Waals surface area contributed by atoms with E-state index >= 15 is 0 Å². The molecule has 1 heterocycles. The lowest BCUT2D eigenvalue weighted by atomic mass is 10.1. The second kappa shape index (κ2) is 9.28. The third-order valence-corrected chi connectivity index (χ3v) is 4.48. The van der Waals surface area contributed by atoms with Gasteiger partial charge in [-0.2, -0.15) is 5.10 Å². The molecule has 29 heavy (non-hydrogen) atoms. The lowest BCUT2D eigenvalue weighted by molar-refractivity contribution is 0.102. The molecular formula is C23H27N3O3. The normalized spacial score (nSPS) is 10.6. The summed E-state index contributed by atoms with van der Waals surface area (Å²) < 4.78 is 13.1. The van der Waals surface area contributed by atoms with Gasteiger partial charge in [-0.15, -0.1) is 0 Å². The molecule has 3 aromatic rings. The van der Waals surface area contributed by atoms with Gasteiger partial charge in [-0.1, -0.05) is 23.8 Å². The van der Waals surface area contributed by atoms with Crippen molar-refractivity contribution in [2.24, 2.45) is 0 Å². The molecule has 0 aliphatic heterocycles. The van der Waals surface area contributed by atoms with Crippen LogP contribution >= 0.6 is 0 Å². The van der Waals surface area contributed by atoms with Gasteiger partial charge in [-0.25, -0.2) is 0 Å². The fourth-order valence-electron chi connectivity index (χ4n) is 3.07. The predicted octanol–water partition coefficient (Wildman–Crippen LogP) is 4.60. The molecule has 0 bridgehead atoms. The molecule has 0 saturated heterocycles. The molecule has 3 rings (SSSR count). The summed E-state index contributed by atoms with van der Waals surface area (Å²) >= 11 is 0. The number of anilines is 1. The van der Waals surface area contributed by atoms with Crippen LogP contribution in [-0.2, 0) is 6.54 Å². The van der Waals surface area contributed by atoms with Gasteiger partial charge in [0.15, 0.2) is 11.5 Å². The van der Waals surface area contributed by atoms with E-state index in [1.165, 1.54) is 0 Å². The molecule has 0 atom stereocenters. The maximum Gasteiger partial charge on any atom is 0.256 e. The Labute approximate surface area is 171 Å². The van der Waals surface area contributed by atoms with Crippen LogP contribution < -0.4 is 14.8 Å². The number of hydrogen-bond acceptors (Lipinski definition) is 4. The van der Waals surface area contributed by atoms with Gasteiger partial charge >= 0.3 is 0 Å². The third kappa shape index (κ3) is 5.16. The van der Waals surface area contributed by atoms with Gasteiger partial charge in [-0.05, 0) is 57.0 Å². The molecule has 1 amide bonds. The summed E-state index contributed by atoms with van der Waals surface area (Å²) in [4.78, 5) is 12.6. The molecule has 0 unspecified atom stereocenters. The molecule has 6 heteroatoms. The molecule has 0 saturated carbocycles. The summed E-state index contributed by atoms with van der Waals surface area (Å²) in [5, 5.41) is 7.29. The second-order valence-electron chi connectivity index (χ2n) is 6.85. The Bertz CT molecular complexity index is 995. The minimum absolute atomic E-state index is 0.134. The molecule has 0 aliphatic rings. The van der Waals surface area contributed by atoms with Gasteiger partial charge in [0.2, 0.25) is 0 Å². The number of rotatable bonds is 8. The molecule has 0 aliphatic carbocycles.